The van der Waals surface area contributed by atoms with Crippen LogP contribution in [0.25, 0.3) is 22.3 Å². The molecule has 2 aromatic carbocycles. The summed E-state index contributed by atoms with van der Waals surface area (Å²) in [6.07, 6.45) is 0. The molecular formula is C25H25FN6O3. The summed E-state index contributed by atoms with van der Waals surface area (Å²) in [4.78, 5) is 40.9. The number of aromatic nitrogens is 4. The van der Waals surface area contributed by atoms with Crippen LogP contribution in [0.2, 0.25) is 0 Å². The van der Waals surface area contributed by atoms with Gasteiger partial charge >= 0.3 is 0 Å². The third kappa shape index (κ3) is 4.39. The van der Waals surface area contributed by atoms with Crippen LogP contribution in [-0.2, 0) is 5.41 Å². The molecule has 5 rings (SSSR count). The number of hydrogen-bond acceptors (Lipinski definition) is 7. The molecule has 4 aromatic rings. The van der Waals surface area contributed by atoms with E-state index in [1.54, 1.807) is 49.1 Å². The number of carbonyl (C=O) groups excluding carboxylic acids is 1. The topological polar surface area (TPSA) is 108 Å². The van der Waals surface area contributed by atoms with Gasteiger partial charge in [0.05, 0.1) is 16.3 Å². The lowest BCUT2D eigenvalue weighted by Gasteiger charge is -2.35. The molecule has 0 bridgehead atoms. The van der Waals surface area contributed by atoms with E-state index < -0.39 is 12.1 Å². The predicted octanol–water partition coefficient (Wildman–Crippen LogP) is 3.18. The van der Waals surface area contributed by atoms with Gasteiger partial charge in [0.1, 0.15) is 6.67 Å². The van der Waals surface area contributed by atoms with Gasteiger partial charge in [0, 0.05) is 37.3 Å². The van der Waals surface area contributed by atoms with E-state index in [-0.39, 0.29) is 17.4 Å². The first-order chi connectivity index (χ1) is 16.9. The van der Waals surface area contributed by atoms with Gasteiger partial charge < -0.3 is 14.3 Å². The molecule has 9 nitrogen and oxygen atoms in total. The van der Waals surface area contributed by atoms with E-state index >= 15 is 0 Å². The van der Waals surface area contributed by atoms with Crippen molar-refractivity contribution in [1.82, 2.24) is 25.0 Å². The second-order valence-corrected chi connectivity index (χ2v) is 9.20. The van der Waals surface area contributed by atoms with Crippen molar-refractivity contribution >= 4 is 22.8 Å². The number of alkyl halides is 1. The molecule has 180 valence electrons. The average Bonchev–Trinajstić information content (AvgIpc) is 3.40. The number of hydrogen-bond donors (Lipinski definition) is 1. The number of benzene rings is 2. The van der Waals surface area contributed by atoms with Crippen LogP contribution in [0.15, 0.2) is 57.8 Å². The van der Waals surface area contributed by atoms with Gasteiger partial charge in [-0.05, 0) is 38.1 Å². The predicted molar refractivity (Wildman–Crippen MR) is 129 cm³/mol. The molecule has 3 heterocycles. The number of aromatic amines is 1. The molecule has 0 radical (unpaired) electrons. The van der Waals surface area contributed by atoms with Crippen molar-refractivity contribution in [3.63, 3.8) is 0 Å². The molecule has 0 aliphatic carbocycles. The van der Waals surface area contributed by atoms with Crippen molar-refractivity contribution in [1.29, 1.82) is 0 Å². The number of nitrogens with one attached hydrogen (secondary N) is 1. The summed E-state index contributed by atoms with van der Waals surface area (Å²) in [5, 5.41) is 4.49. The Morgan fingerprint density at radius 1 is 1.06 bits per heavy atom. The van der Waals surface area contributed by atoms with Gasteiger partial charge in [-0.25, -0.2) is 9.37 Å². The van der Waals surface area contributed by atoms with E-state index in [4.69, 9.17) is 4.52 Å². The number of rotatable bonds is 5. The van der Waals surface area contributed by atoms with E-state index in [0.29, 0.717) is 60.0 Å². The highest BCUT2D eigenvalue weighted by molar-refractivity contribution is 5.94. The van der Waals surface area contributed by atoms with Crippen LogP contribution in [0.4, 0.5) is 10.3 Å². The smallest absolute Gasteiger partial charge is 0.260 e. The molecule has 1 aliphatic heterocycles. The van der Waals surface area contributed by atoms with E-state index in [9.17, 15) is 14.0 Å². The highest BCUT2D eigenvalue weighted by atomic mass is 19.1. The zero-order valence-corrected chi connectivity index (χ0v) is 19.5. The fraction of sp³-hybridized carbons (Fsp3) is 0.320. The van der Waals surface area contributed by atoms with E-state index in [2.05, 4.69) is 20.1 Å². The second kappa shape index (κ2) is 8.94. The Balaban J connectivity index is 1.25. The van der Waals surface area contributed by atoms with Gasteiger partial charge in [-0.3, -0.25) is 14.6 Å². The molecule has 2 aromatic heterocycles. The Morgan fingerprint density at radius 3 is 2.49 bits per heavy atom. The maximum Gasteiger partial charge on any atom is 0.260 e. The van der Waals surface area contributed by atoms with Crippen LogP contribution in [-0.4, -0.2) is 63.8 Å². The molecule has 1 saturated heterocycles. The second-order valence-electron chi connectivity index (χ2n) is 9.20. The zero-order chi connectivity index (χ0) is 24.6. The Labute approximate surface area is 200 Å². The molecule has 0 atom stereocenters. The van der Waals surface area contributed by atoms with Gasteiger partial charge in [-0.1, -0.05) is 29.4 Å². The summed E-state index contributed by atoms with van der Waals surface area (Å²) < 4.78 is 18.4. The molecule has 1 aliphatic rings. The fourth-order valence-electron chi connectivity index (χ4n) is 3.96. The van der Waals surface area contributed by atoms with Crippen molar-refractivity contribution in [3.05, 3.63) is 70.3 Å². The summed E-state index contributed by atoms with van der Waals surface area (Å²) in [5.74, 6) is 1.02. The van der Waals surface area contributed by atoms with Crippen molar-refractivity contribution < 1.29 is 13.7 Å². The van der Waals surface area contributed by atoms with Crippen LogP contribution in [0, 0.1) is 0 Å². The fourth-order valence-corrected chi connectivity index (χ4v) is 3.96. The first-order valence-corrected chi connectivity index (χ1v) is 11.4. The maximum atomic E-state index is 13.2. The van der Waals surface area contributed by atoms with Crippen molar-refractivity contribution in [2.75, 3.05) is 37.8 Å². The number of halogens is 1. The van der Waals surface area contributed by atoms with Crippen LogP contribution >= 0.6 is 0 Å². The Hall–Kier alpha value is -4.08. The molecule has 35 heavy (non-hydrogen) atoms. The summed E-state index contributed by atoms with van der Waals surface area (Å²) in [7, 11) is 0. The summed E-state index contributed by atoms with van der Waals surface area (Å²) in [6, 6.07) is 14.2. The zero-order valence-electron chi connectivity index (χ0n) is 19.5. The molecule has 10 heteroatoms. The standard InChI is InChI=1S/C25H25FN6O3/c1-25(2,15-26)23-28-20(30-35-23)16-7-9-17(10-8-16)22(34)31-11-13-32(14-12-31)24-27-19-6-4-3-5-18(19)21(33)29-24/h3-10H,11-15H2,1-2H3,(H,27,29,33). The van der Waals surface area contributed by atoms with Gasteiger partial charge in [0.25, 0.3) is 11.5 Å². The molecule has 1 amide bonds. The van der Waals surface area contributed by atoms with Gasteiger partial charge in [0.15, 0.2) is 0 Å². The minimum absolute atomic E-state index is 0.0801. The summed E-state index contributed by atoms with van der Waals surface area (Å²) >= 11 is 0. The highest BCUT2D eigenvalue weighted by Gasteiger charge is 2.28. The largest absolute Gasteiger partial charge is 0.339 e. The monoisotopic (exact) mass is 476 g/mol. The number of carbonyl (C=O) groups is 1. The minimum atomic E-state index is -0.849. The third-order valence-electron chi connectivity index (χ3n) is 6.20. The van der Waals surface area contributed by atoms with Crippen molar-refractivity contribution in [2.24, 2.45) is 0 Å². The van der Waals surface area contributed by atoms with E-state index in [1.165, 1.54) is 0 Å². The summed E-state index contributed by atoms with van der Waals surface area (Å²) in [5.41, 5.74) is 0.853. The van der Waals surface area contributed by atoms with Crippen LogP contribution in [0.5, 0.6) is 0 Å². The number of nitrogens with zero attached hydrogens (tertiary/aromatic N) is 5. The Bertz CT molecular complexity index is 1420. The van der Waals surface area contributed by atoms with Gasteiger partial charge in [-0.2, -0.15) is 4.98 Å². The quantitative estimate of drug-likeness (QED) is 0.471. The lowest BCUT2D eigenvalue weighted by atomic mass is 9.96. The van der Waals surface area contributed by atoms with Crippen molar-refractivity contribution in [3.8, 4) is 11.4 Å². The Morgan fingerprint density at radius 2 is 1.77 bits per heavy atom. The van der Waals surface area contributed by atoms with Crippen LogP contribution in [0.1, 0.15) is 30.1 Å². The first kappa shape index (κ1) is 22.7. The molecular weight excluding hydrogens is 451 g/mol. The molecule has 0 saturated carbocycles. The Kier molecular flexibility index (Phi) is 5.80. The number of H-pyrrole nitrogens is 1. The number of piperazine rings is 1. The van der Waals surface area contributed by atoms with Crippen LogP contribution in [0.3, 0.4) is 0 Å². The number of anilines is 1. The maximum absolute atomic E-state index is 13.2. The average molecular weight is 477 g/mol. The van der Waals surface area contributed by atoms with Gasteiger partial charge in [0.2, 0.25) is 17.7 Å². The molecule has 1 fully saturated rings. The molecule has 1 N–H and O–H groups in total. The first-order valence-electron chi connectivity index (χ1n) is 11.4. The van der Waals surface area contributed by atoms with Crippen molar-refractivity contribution in [2.45, 2.75) is 19.3 Å². The number of para-hydroxylation sites is 1. The normalized spacial score (nSPS) is 14.5. The highest BCUT2D eigenvalue weighted by Crippen LogP contribution is 2.25. The summed E-state index contributed by atoms with van der Waals surface area (Å²) in [6.45, 7) is 4.90. The van der Waals surface area contributed by atoms with E-state index in [1.807, 2.05) is 23.1 Å². The minimum Gasteiger partial charge on any atom is -0.339 e. The van der Waals surface area contributed by atoms with Gasteiger partial charge in [-0.15, -0.1) is 0 Å². The molecule has 0 unspecified atom stereocenters. The number of amides is 1. The number of fused-ring (bicyclic) bond motifs is 1. The molecule has 0 spiro atoms. The van der Waals surface area contributed by atoms with Crippen LogP contribution < -0.4 is 10.5 Å². The lowest BCUT2D eigenvalue weighted by Crippen LogP contribution is -2.49. The lowest BCUT2D eigenvalue weighted by molar-refractivity contribution is 0.0746. The SMILES string of the molecule is CC(C)(CF)c1nc(-c2ccc(C(=O)N3CCN(c4nc5ccccc5c(=O)[nH]4)CC3)cc2)no1. The third-order valence-corrected chi connectivity index (χ3v) is 6.20. The van der Waals surface area contributed by atoms with E-state index in [0.717, 1.165) is 0 Å².